The van der Waals surface area contributed by atoms with Crippen molar-refractivity contribution in [3.8, 4) is 0 Å². The number of anilines is 3. The molecule has 2 aliphatic rings. The molecule has 186 valence electrons. The zero-order valence-electron chi connectivity index (χ0n) is 20.7. The Morgan fingerprint density at radius 2 is 1.74 bits per heavy atom. The first kappa shape index (κ1) is 24.8. The Morgan fingerprint density at radius 3 is 2.43 bits per heavy atom. The van der Waals surface area contributed by atoms with E-state index < -0.39 is 5.97 Å². The molecule has 2 N–H and O–H groups in total. The molecule has 1 saturated heterocycles. The van der Waals surface area contributed by atoms with Crippen molar-refractivity contribution in [2.75, 3.05) is 42.3 Å². The molecular formula is C29H37N3O3. The SMILES string of the molecule is COC(=O)/C=C/c1cccc(N(CC2CCN(c3ccc(N)cc3)CC2)C(=O)C2CCCCC2)c1. The van der Waals surface area contributed by atoms with Gasteiger partial charge in [-0.25, -0.2) is 4.79 Å². The van der Waals surface area contributed by atoms with E-state index in [4.69, 9.17) is 10.5 Å². The van der Waals surface area contributed by atoms with E-state index in [0.717, 1.165) is 75.1 Å². The summed E-state index contributed by atoms with van der Waals surface area (Å²) in [5.74, 6) is 0.410. The second-order valence-corrected chi connectivity index (χ2v) is 9.76. The summed E-state index contributed by atoms with van der Waals surface area (Å²) in [4.78, 5) is 29.7. The van der Waals surface area contributed by atoms with Gasteiger partial charge in [0.05, 0.1) is 7.11 Å². The van der Waals surface area contributed by atoms with Crippen LogP contribution >= 0.6 is 0 Å². The molecule has 0 unspecified atom stereocenters. The molecule has 0 atom stereocenters. The van der Waals surface area contributed by atoms with Gasteiger partial charge in [0.15, 0.2) is 0 Å². The van der Waals surface area contributed by atoms with Gasteiger partial charge in [-0.05, 0) is 79.6 Å². The third kappa shape index (κ3) is 6.65. The summed E-state index contributed by atoms with van der Waals surface area (Å²) in [5, 5.41) is 0. The summed E-state index contributed by atoms with van der Waals surface area (Å²) in [6.45, 7) is 2.68. The minimum absolute atomic E-state index is 0.105. The Hall–Kier alpha value is -3.28. The highest BCUT2D eigenvalue weighted by Gasteiger charge is 2.30. The maximum atomic E-state index is 13.7. The lowest BCUT2D eigenvalue weighted by Gasteiger charge is -2.37. The minimum Gasteiger partial charge on any atom is -0.466 e. The maximum absolute atomic E-state index is 13.7. The number of piperidine rings is 1. The number of nitrogens with two attached hydrogens (primary N) is 1. The van der Waals surface area contributed by atoms with Crippen LogP contribution in [0, 0.1) is 11.8 Å². The van der Waals surface area contributed by atoms with E-state index in [1.807, 2.05) is 41.3 Å². The number of amides is 1. The molecule has 0 spiro atoms. The van der Waals surface area contributed by atoms with Crippen molar-refractivity contribution < 1.29 is 14.3 Å². The Balaban J connectivity index is 1.48. The van der Waals surface area contributed by atoms with Gasteiger partial charge in [-0.15, -0.1) is 0 Å². The summed E-state index contributed by atoms with van der Waals surface area (Å²) >= 11 is 0. The molecule has 1 aliphatic heterocycles. The average Bonchev–Trinajstić information content (AvgIpc) is 2.91. The first-order valence-corrected chi connectivity index (χ1v) is 12.8. The van der Waals surface area contributed by atoms with Crippen molar-refractivity contribution in [2.45, 2.75) is 44.9 Å². The first-order chi connectivity index (χ1) is 17.0. The molecule has 1 saturated carbocycles. The number of hydrogen-bond acceptors (Lipinski definition) is 5. The molecule has 0 aromatic heterocycles. The van der Waals surface area contributed by atoms with Crippen molar-refractivity contribution in [3.63, 3.8) is 0 Å². The van der Waals surface area contributed by atoms with Crippen molar-refractivity contribution >= 4 is 35.0 Å². The van der Waals surface area contributed by atoms with Gasteiger partial charge in [0.25, 0.3) is 0 Å². The van der Waals surface area contributed by atoms with Crippen molar-refractivity contribution in [1.29, 1.82) is 0 Å². The Kier molecular flexibility index (Phi) is 8.45. The van der Waals surface area contributed by atoms with Crippen molar-refractivity contribution in [1.82, 2.24) is 0 Å². The molecule has 2 aromatic carbocycles. The highest BCUT2D eigenvalue weighted by atomic mass is 16.5. The largest absolute Gasteiger partial charge is 0.466 e. The van der Waals surface area contributed by atoms with Gasteiger partial charge in [0.2, 0.25) is 5.91 Å². The lowest BCUT2D eigenvalue weighted by Crippen LogP contribution is -2.43. The number of hydrogen-bond donors (Lipinski definition) is 1. The third-order valence-corrected chi connectivity index (χ3v) is 7.33. The summed E-state index contributed by atoms with van der Waals surface area (Å²) in [6, 6.07) is 16.0. The third-order valence-electron chi connectivity index (χ3n) is 7.33. The molecule has 1 heterocycles. The van der Waals surface area contributed by atoms with E-state index >= 15 is 0 Å². The highest BCUT2D eigenvalue weighted by molar-refractivity contribution is 5.95. The number of carbonyl (C=O) groups is 2. The molecule has 6 nitrogen and oxygen atoms in total. The summed E-state index contributed by atoms with van der Waals surface area (Å²) in [6.07, 6.45) is 10.7. The normalized spacial score (nSPS) is 17.5. The second-order valence-electron chi connectivity index (χ2n) is 9.76. The molecule has 1 aliphatic carbocycles. The molecule has 6 heteroatoms. The van der Waals surface area contributed by atoms with E-state index in [1.54, 1.807) is 6.08 Å². The topological polar surface area (TPSA) is 75.9 Å². The van der Waals surface area contributed by atoms with Crippen LogP contribution in [-0.4, -0.2) is 38.6 Å². The molecule has 0 bridgehead atoms. The molecule has 4 rings (SSSR count). The van der Waals surface area contributed by atoms with Crippen LogP contribution in [0.2, 0.25) is 0 Å². The van der Waals surface area contributed by atoms with Gasteiger partial charge in [0, 0.05) is 48.7 Å². The molecule has 1 amide bonds. The monoisotopic (exact) mass is 475 g/mol. The lowest BCUT2D eigenvalue weighted by atomic mass is 9.87. The van der Waals surface area contributed by atoms with Crippen LogP contribution in [0.4, 0.5) is 17.1 Å². The molecule has 35 heavy (non-hydrogen) atoms. The summed E-state index contributed by atoms with van der Waals surface area (Å²) < 4.78 is 4.71. The Labute approximate surface area is 208 Å². The number of benzene rings is 2. The van der Waals surface area contributed by atoms with Gasteiger partial charge >= 0.3 is 5.97 Å². The smallest absolute Gasteiger partial charge is 0.330 e. The van der Waals surface area contributed by atoms with Crippen LogP contribution in [0.25, 0.3) is 6.08 Å². The van der Waals surface area contributed by atoms with Crippen LogP contribution in [-0.2, 0) is 14.3 Å². The Morgan fingerprint density at radius 1 is 1.03 bits per heavy atom. The number of methoxy groups -OCH3 is 1. The quantitative estimate of drug-likeness (QED) is 0.335. The zero-order chi connectivity index (χ0) is 24.6. The number of carbonyl (C=O) groups excluding carboxylic acids is 2. The predicted molar refractivity (Wildman–Crippen MR) is 142 cm³/mol. The Bertz CT molecular complexity index is 1020. The van der Waals surface area contributed by atoms with E-state index in [0.29, 0.717) is 5.92 Å². The van der Waals surface area contributed by atoms with Gasteiger partial charge in [-0.2, -0.15) is 0 Å². The number of esters is 1. The first-order valence-electron chi connectivity index (χ1n) is 12.8. The van der Waals surface area contributed by atoms with Crippen LogP contribution < -0.4 is 15.5 Å². The fraction of sp³-hybridized carbons (Fsp3) is 0.448. The van der Waals surface area contributed by atoms with E-state index in [9.17, 15) is 9.59 Å². The molecule has 2 aromatic rings. The number of ether oxygens (including phenoxy) is 1. The zero-order valence-corrected chi connectivity index (χ0v) is 20.7. The predicted octanol–water partition coefficient (Wildman–Crippen LogP) is 5.28. The van der Waals surface area contributed by atoms with Gasteiger partial charge in [-0.1, -0.05) is 31.4 Å². The standard InChI is InChI=1S/C29H37N3O3/c1-35-28(33)15-10-22-6-5-9-27(20-22)32(29(34)24-7-3-2-4-8-24)21-23-16-18-31(19-17-23)26-13-11-25(30)12-14-26/h5-6,9-15,20,23-24H,2-4,7-8,16-19,21,30H2,1H3/b15-10+. The van der Waals surface area contributed by atoms with Crippen LogP contribution in [0.15, 0.2) is 54.6 Å². The summed E-state index contributed by atoms with van der Waals surface area (Å²) in [7, 11) is 1.37. The number of nitrogens with zero attached hydrogens (tertiary/aromatic N) is 2. The van der Waals surface area contributed by atoms with Crippen LogP contribution in [0.5, 0.6) is 0 Å². The van der Waals surface area contributed by atoms with Crippen LogP contribution in [0.3, 0.4) is 0 Å². The van der Waals surface area contributed by atoms with E-state index in [1.165, 1.54) is 25.3 Å². The van der Waals surface area contributed by atoms with Gasteiger partial charge < -0.3 is 20.3 Å². The highest BCUT2D eigenvalue weighted by Crippen LogP contribution is 2.31. The average molecular weight is 476 g/mol. The fourth-order valence-corrected chi connectivity index (χ4v) is 5.24. The van der Waals surface area contributed by atoms with Gasteiger partial charge in [-0.3, -0.25) is 4.79 Å². The van der Waals surface area contributed by atoms with Gasteiger partial charge in [0.1, 0.15) is 0 Å². The fourth-order valence-electron chi connectivity index (χ4n) is 5.24. The molecule has 2 fully saturated rings. The van der Waals surface area contributed by atoms with Crippen LogP contribution in [0.1, 0.15) is 50.5 Å². The lowest BCUT2D eigenvalue weighted by molar-refractivity contribution is -0.134. The van der Waals surface area contributed by atoms with E-state index in [2.05, 4.69) is 17.0 Å². The molecular weight excluding hydrogens is 438 g/mol. The number of nitrogen functional groups attached to an aromatic ring is 1. The maximum Gasteiger partial charge on any atom is 0.330 e. The number of rotatable bonds is 7. The second kappa shape index (κ2) is 11.9. The van der Waals surface area contributed by atoms with Crippen molar-refractivity contribution in [3.05, 3.63) is 60.2 Å². The minimum atomic E-state index is -0.390. The van der Waals surface area contributed by atoms with E-state index in [-0.39, 0.29) is 11.8 Å². The van der Waals surface area contributed by atoms with Crippen molar-refractivity contribution in [2.24, 2.45) is 11.8 Å². The molecule has 0 radical (unpaired) electrons. The summed E-state index contributed by atoms with van der Waals surface area (Å²) in [5.41, 5.74) is 9.63.